The largest absolute Gasteiger partial charge is 0.459 e. The van der Waals surface area contributed by atoms with Crippen LogP contribution in [0.5, 0.6) is 0 Å². The van der Waals surface area contributed by atoms with Gasteiger partial charge in [0.1, 0.15) is 17.6 Å². The molecule has 32 heavy (non-hydrogen) atoms. The van der Waals surface area contributed by atoms with E-state index in [9.17, 15) is 0 Å². The summed E-state index contributed by atoms with van der Waals surface area (Å²) in [5.41, 5.74) is 4.00. The number of hydrogen-bond acceptors (Lipinski definition) is 4. The van der Waals surface area contributed by atoms with E-state index in [0.717, 1.165) is 38.9 Å². The minimum absolute atomic E-state index is 0.133. The molecule has 0 unspecified atom stereocenters. The van der Waals surface area contributed by atoms with Gasteiger partial charge in [-0.15, -0.1) is 0 Å². The molecule has 1 aliphatic heterocycles. The third-order valence-corrected chi connectivity index (χ3v) is 6.43. The zero-order chi connectivity index (χ0) is 22.1. The van der Waals surface area contributed by atoms with E-state index in [1.807, 2.05) is 67.6 Å². The maximum absolute atomic E-state index is 6.38. The number of pyridine rings is 2. The lowest BCUT2D eigenvalue weighted by Crippen LogP contribution is -2.29. The Labute approximate surface area is 197 Å². The van der Waals surface area contributed by atoms with Gasteiger partial charge in [0, 0.05) is 35.7 Å². The van der Waals surface area contributed by atoms with Crippen LogP contribution in [0, 0.1) is 6.92 Å². The molecular weight excluding hydrogens is 440 g/mol. The number of aryl methyl sites for hydroxylation is 1. The molecule has 0 bridgehead atoms. The molecule has 1 saturated heterocycles. The first-order chi connectivity index (χ1) is 15.6. The van der Waals surface area contributed by atoms with E-state index in [4.69, 9.17) is 28.2 Å². The lowest BCUT2D eigenvalue weighted by Gasteiger charge is -2.26. The topological polar surface area (TPSA) is 54.2 Å². The number of nitrogens with one attached hydrogen (secondary N) is 1. The van der Waals surface area contributed by atoms with Crippen molar-refractivity contribution >= 4 is 28.9 Å². The molecule has 3 aromatic heterocycles. The molecule has 1 aliphatic rings. The lowest BCUT2D eigenvalue weighted by molar-refractivity contribution is 0.269. The van der Waals surface area contributed by atoms with Crippen molar-refractivity contribution in [2.75, 3.05) is 0 Å². The van der Waals surface area contributed by atoms with Crippen molar-refractivity contribution in [3.05, 3.63) is 107 Å². The first kappa shape index (κ1) is 20.7. The van der Waals surface area contributed by atoms with Crippen molar-refractivity contribution in [3.63, 3.8) is 0 Å². The van der Waals surface area contributed by atoms with E-state index in [0.29, 0.717) is 11.7 Å². The summed E-state index contributed by atoms with van der Waals surface area (Å²) in [5.74, 6) is 1.58. The number of halogens is 1. The van der Waals surface area contributed by atoms with Gasteiger partial charge < -0.3 is 14.6 Å². The van der Waals surface area contributed by atoms with Gasteiger partial charge in [-0.3, -0.25) is 9.97 Å². The van der Waals surface area contributed by atoms with E-state index < -0.39 is 0 Å². The monoisotopic (exact) mass is 460 g/mol. The average molecular weight is 461 g/mol. The van der Waals surface area contributed by atoms with Crippen LogP contribution in [0.25, 0.3) is 11.3 Å². The van der Waals surface area contributed by atoms with Crippen LogP contribution in [-0.4, -0.2) is 20.0 Å². The number of thiocarbonyl (C=S) groups is 1. The zero-order valence-corrected chi connectivity index (χ0v) is 19.0. The maximum atomic E-state index is 6.38. The van der Waals surface area contributed by atoms with E-state index in [2.05, 4.69) is 20.2 Å². The number of nitrogens with zero attached hydrogens (tertiary/aromatic N) is 3. The Bertz CT molecular complexity index is 1250. The van der Waals surface area contributed by atoms with Crippen molar-refractivity contribution in [2.45, 2.75) is 25.6 Å². The standard InChI is InChI=1S/C25H21ClN4OS/c1-16-5-6-18(14-19(16)26)21-7-8-22(31-21)24-23(20-4-2-3-11-28-20)29-25(32)30(24)15-17-9-12-27-13-10-17/h2-14,23-24H,15H2,1H3,(H,29,32)/t23-,24-/m0/s1. The SMILES string of the molecule is Cc1ccc(-c2ccc([C@H]3[C@H](c4ccccn4)NC(=S)N3Cc3ccncc3)o2)cc1Cl. The molecule has 5 nitrogen and oxygen atoms in total. The Kier molecular flexibility index (Phi) is 5.64. The minimum Gasteiger partial charge on any atom is -0.459 e. The molecule has 2 atom stereocenters. The molecule has 0 spiro atoms. The van der Waals surface area contributed by atoms with E-state index in [1.54, 1.807) is 18.6 Å². The predicted octanol–water partition coefficient (Wildman–Crippen LogP) is 5.87. The second-order valence-electron chi connectivity index (χ2n) is 7.78. The van der Waals surface area contributed by atoms with Crippen LogP contribution in [0.3, 0.4) is 0 Å². The summed E-state index contributed by atoms with van der Waals surface area (Å²) >= 11 is 12.1. The molecule has 1 N–H and O–H groups in total. The Morgan fingerprint density at radius 3 is 2.66 bits per heavy atom. The number of rotatable bonds is 5. The maximum Gasteiger partial charge on any atom is 0.170 e. The number of benzene rings is 1. The van der Waals surface area contributed by atoms with Gasteiger partial charge in [0.15, 0.2) is 5.11 Å². The molecule has 5 rings (SSSR count). The van der Waals surface area contributed by atoms with Crippen LogP contribution in [0.15, 0.2) is 83.7 Å². The minimum atomic E-state index is -0.153. The Hall–Kier alpha value is -3.22. The van der Waals surface area contributed by atoms with Gasteiger partial charge in [0.05, 0.1) is 11.7 Å². The van der Waals surface area contributed by atoms with E-state index >= 15 is 0 Å². The van der Waals surface area contributed by atoms with Gasteiger partial charge in [0.2, 0.25) is 0 Å². The summed E-state index contributed by atoms with van der Waals surface area (Å²) < 4.78 is 6.38. The fraction of sp³-hybridized carbons (Fsp3) is 0.160. The summed E-state index contributed by atoms with van der Waals surface area (Å²) in [6.07, 6.45) is 5.38. The van der Waals surface area contributed by atoms with E-state index in [-0.39, 0.29) is 12.1 Å². The highest BCUT2D eigenvalue weighted by Gasteiger charge is 2.41. The average Bonchev–Trinajstić information content (AvgIpc) is 3.42. The summed E-state index contributed by atoms with van der Waals surface area (Å²) in [4.78, 5) is 10.9. The van der Waals surface area contributed by atoms with E-state index in [1.165, 1.54) is 0 Å². The van der Waals surface area contributed by atoms with Gasteiger partial charge in [-0.1, -0.05) is 29.8 Å². The fourth-order valence-corrected chi connectivity index (χ4v) is 4.47. The molecule has 0 radical (unpaired) electrons. The summed E-state index contributed by atoms with van der Waals surface area (Å²) in [7, 11) is 0. The second-order valence-corrected chi connectivity index (χ2v) is 8.57. The van der Waals surface area contributed by atoms with Crippen LogP contribution < -0.4 is 5.32 Å². The van der Waals surface area contributed by atoms with Crippen LogP contribution in [0.2, 0.25) is 5.02 Å². The molecule has 4 heterocycles. The van der Waals surface area contributed by atoms with Crippen molar-refractivity contribution < 1.29 is 4.42 Å². The third-order valence-electron chi connectivity index (χ3n) is 5.67. The smallest absolute Gasteiger partial charge is 0.170 e. The lowest BCUT2D eigenvalue weighted by atomic mass is 10.0. The van der Waals surface area contributed by atoms with Gasteiger partial charge in [-0.25, -0.2) is 0 Å². The number of hydrogen-bond donors (Lipinski definition) is 1. The zero-order valence-electron chi connectivity index (χ0n) is 17.4. The first-order valence-electron chi connectivity index (χ1n) is 10.3. The molecule has 160 valence electrons. The van der Waals surface area contributed by atoms with Crippen LogP contribution >= 0.6 is 23.8 Å². The highest BCUT2D eigenvalue weighted by molar-refractivity contribution is 7.80. The molecule has 1 aromatic carbocycles. The first-order valence-corrected chi connectivity index (χ1v) is 11.1. The van der Waals surface area contributed by atoms with Crippen molar-refractivity contribution in [2.24, 2.45) is 0 Å². The van der Waals surface area contributed by atoms with Crippen LogP contribution in [-0.2, 0) is 6.54 Å². The highest BCUT2D eigenvalue weighted by atomic mass is 35.5. The van der Waals surface area contributed by atoms with Crippen LogP contribution in [0.1, 0.15) is 34.7 Å². The summed E-state index contributed by atoms with van der Waals surface area (Å²) in [6, 6.07) is 19.6. The summed E-state index contributed by atoms with van der Waals surface area (Å²) in [5, 5.41) is 4.84. The molecule has 0 aliphatic carbocycles. The molecule has 1 fully saturated rings. The summed E-state index contributed by atoms with van der Waals surface area (Å²) in [6.45, 7) is 2.62. The molecule has 4 aromatic rings. The van der Waals surface area contributed by atoms with Crippen LogP contribution in [0.4, 0.5) is 0 Å². The normalized spacial score (nSPS) is 18.1. The Morgan fingerprint density at radius 2 is 1.91 bits per heavy atom. The van der Waals surface area contributed by atoms with Gasteiger partial charge in [0.25, 0.3) is 0 Å². The third kappa shape index (κ3) is 3.99. The predicted molar refractivity (Wildman–Crippen MR) is 129 cm³/mol. The molecular formula is C25H21ClN4OS. The molecule has 0 amide bonds. The van der Waals surface area contributed by atoms with Gasteiger partial charge in [-0.2, -0.15) is 0 Å². The van der Waals surface area contributed by atoms with Crippen molar-refractivity contribution in [1.82, 2.24) is 20.2 Å². The molecule has 0 saturated carbocycles. The Balaban J connectivity index is 1.54. The number of aromatic nitrogens is 2. The quantitative estimate of drug-likeness (QED) is 0.376. The highest BCUT2D eigenvalue weighted by Crippen LogP contribution is 2.41. The molecule has 7 heteroatoms. The number of furan rings is 1. The second kappa shape index (κ2) is 8.73. The van der Waals surface area contributed by atoms with Gasteiger partial charge in [-0.05, 0) is 72.7 Å². The van der Waals surface area contributed by atoms with Crippen molar-refractivity contribution in [1.29, 1.82) is 0 Å². The fourth-order valence-electron chi connectivity index (χ4n) is 3.98. The Morgan fingerprint density at radius 1 is 1.06 bits per heavy atom. The van der Waals surface area contributed by atoms with Gasteiger partial charge >= 0.3 is 0 Å². The van der Waals surface area contributed by atoms with Crippen molar-refractivity contribution in [3.8, 4) is 11.3 Å².